The molecule has 2 heterocycles. The molecule has 29 heavy (non-hydrogen) atoms. The summed E-state index contributed by atoms with van der Waals surface area (Å²) in [4.78, 5) is 18.5. The number of anilines is 1. The van der Waals surface area contributed by atoms with Crippen LogP contribution in [0.4, 0.5) is 5.00 Å². The molecule has 1 aliphatic heterocycles. The maximum absolute atomic E-state index is 12.6. The van der Waals surface area contributed by atoms with Crippen molar-refractivity contribution in [3.05, 3.63) is 51.4 Å². The van der Waals surface area contributed by atoms with Crippen molar-refractivity contribution in [2.75, 3.05) is 38.0 Å². The van der Waals surface area contributed by atoms with Crippen molar-refractivity contribution in [2.24, 2.45) is 0 Å². The van der Waals surface area contributed by atoms with Gasteiger partial charge in [0.15, 0.2) is 0 Å². The number of benzene rings is 1. The number of amides is 1. The van der Waals surface area contributed by atoms with Gasteiger partial charge in [-0.05, 0) is 43.7 Å². The summed E-state index contributed by atoms with van der Waals surface area (Å²) < 4.78 is 0. The second-order valence-electron chi connectivity index (χ2n) is 8.11. The number of thiophene rings is 1. The summed E-state index contributed by atoms with van der Waals surface area (Å²) in [7, 11) is 0. The molecule has 1 saturated heterocycles. The summed E-state index contributed by atoms with van der Waals surface area (Å²) in [5.74, 6) is -0.00733. The molecule has 1 aromatic carbocycles. The second-order valence-corrected chi connectivity index (χ2v) is 9.22. The van der Waals surface area contributed by atoms with E-state index >= 15 is 0 Å². The second kappa shape index (κ2) is 9.08. The number of fused-ring (bicyclic) bond motifs is 1. The Hall–Kier alpha value is -2.20. The molecule has 2 aromatic rings. The smallest absolute Gasteiger partial charge is 0.239 e. The number of carbonyl (C=O) groups excluding carboxylic acids is 1. The maximum Gasteiger partial charge on any atom is 0.239 e. The minimum atomic E-state index is -0.00733. The Balaban J connectivity index is 1.28. The Morgan fingerprint density at radius 3 is 2.52 bits per heavy atom. The molecular weight excluding hydrogens is 380 g/mol. The van der Waals surface area contributed by atoms with E-state index in [1.807, 2.05) is 0 Å². The van der Waals surface area contributed by atoms with E-state index in [9.17, 15) is 10.1 Å². The molecule has 0 bridgehead atoms. The van der Waals surface area contributed by atoms with Crippen molar-refractivity contribution in [3.63, 3.8) is 0 Å². The van der Waals surface area contributed by atoms with Crippen LogP contribution in [-0.2, 0) is 24.2 Å². The fourth-order valence-corrected chi connectivity index (χ4v) is 5.45. The quantitative estimate of drug-likeness (QED) is 0.822. The molecule has 0 spiro atoms. The van der Waals surface area contributed by atoms with Gasteiger partial charge in [0.1, 0.15) is 11.1 Å². The van der Waals surface area contributed by atoms with E-state index in [2.05, 4.69) is 52.4 Å². The Morgan fingerprint density at radius 1 is 1.10 bits per heavy atom. The van der Waals surface area contributed by atoms with Crippen molar-refractivity contribution in [1.82, 2.24) is 9.80 Å². The number of nitriles is 1. The third-order valence-electron chi connectivity index (χ3n) is 5.89. The molecule has 1 amide bonds. The first-order valence-corrected chi connectivity index (χ1v) is 11.3. The van der Waals surface area contributed by atoms with Crippen LogP contribution in [0.15, 0.2) is 24.3 Å². The van der Waals surface area contributed by atoms with Gasteiger partial charge in [-0.1, -0.05) is 29.8 Å². The highest BCUT2D eigenvalue weighted by atomic mass is 32.1. The van der Waals surface area contributed by atoms with E-state index in [1.165, 1.54) is 28.0 Å². The molecule has 4 rings (SSSR count). The molecule has 0 atom stereocenters. The zero-order chi connectivity index (χ0) is 20.2. The Bertz CT molecular complexity index is 904. The van der Waals surface area contributed by atoms with E-state index in [-0.39, 0.29) is 5.91 Å². The van der Waals surface area contributed by atoms with E-state index in [4.69, 9.17) is 0 Å². The lowest BCUT2D eigenvalue weighted by Crippen LogP contribution is -2.48. The lowest BCUT2D eigenvalue weighted by atomic mass is 9.96. The third-order valence-corrected chi connectivity index (χ3v) is 7.10. The topological polar surface area (TPSA) is 59.4 Å². The SMILES string of the molecule is Cc1ccc(CN2CCN(CC(=O)Nc3sc4c(c3C#N)CCCC4)CC2)cc1. The molecule has 6 heteroatoms. The van der Waals surface area contributed by atoms with Gasteiger partial charge in [0, 0.05) is 37.6 Å². The van der Waals surface area contributed by atoms with E-state index in [0.717, 1.165) is 57.0 Å². The van der Waals surface area contributed by atoms with Gasteiger partial charge >= 0.3 is 0 Å². The van der Waals surface area contributed by atoms with Crippen LogP contribution in [-0.4, -0.2) is 48.4 Å². The third kappa shape index (κ3) is 4.87. The van der Waals surface area contributed by atoms with Crippen LogP contribution in [0.2, 0.25) is 0 Å². The lowest BCUT2D eigenvalue weighted by Gasteiger charge is -2.34. The summed E-state index contributed by atoms with van der Waals surface area (Å²) in [5, 5.41) is 13.3. The predicted molar refractivity (Wildman–Crippen MR) is 117 cm³/mol. The van der Waals surface area contributed by atoms with Gasteiger partial charge in [-0.2, -0.15) is 5.26 Å². The van der Waals surface area contributed by atoms with Crippen molar-refractivity contribution in [3.8, 4) is 6.07 Å². The van der Waals surface area contributed by atoms with E-state index in [1.54, 1.807) is 11.3 Å². The van der Waals surface area contributed by atoms with Gasteiger partial charge in [0.25, 0.3) is 0 Å². The fourth-order valence-electron chi connectivity index (χ4n) is 4.20. The lowest BCUT2D eigenvalue weighted by molar-refractivity contribution is -0.117. The normalized spacial score (nSPS) is 17.5. The Kier molecular flexibility index (Phi) is 6.29. The molecule has 1 aliphatic carbocycles. The number of carbonyl (C=O) groups is 1. The predicted octanol–water partition coefficient (Wildman–Crippen LogP) is 3.56. The van der Waals surface area contributed by atoms with Crippen LogP contribution < -0.4 is 5.32 Å². The summed E-state index contributed by atoms with van der Waals surface area (Å²) in [6, 6.07) is 11.0. The zero-order valence-corrected chi connectivity index (χ0v) is 17.9. The molecule has 5 nitrogen and oxygen atoms in total. The van der Waals surface area contributed by atoms with Gasteiger partial charge in [-0.3, -0.25) is 14.6 Å². The summed E-state index contributed by atoms with van der Waals surface area (Å²) in [6.07, 6.45) is 4.32. The van der Waals surface area contributed by atoms with Crippen LogP contribution in [0.5, 0.6) is 0 Å². The number of aryl methyl sites for hydroxylation is 2. The van der Waals surface area contributed by atoms with Crippen LogP contribution in [0.3, 0.4) is 0 Å². The molecule has 0 radical (unpaired) electrons. The maximum atomic E-state index is 12.6. The van der Waals surface area contributed by atoms with Crippen LogP contribution in [0, 0.1) is 18.3 Å². The highest BCUT2D eigenvalue weighted by Crippen LogP contribution is 2.37. The van der Waals surface area contributed by atoms with Crippen LogP contribution in [0.25, 0.3) is 0 Å². The van der Waals surface area contributed by atoms with Crippen molar-refractivity contribution < 1.29 is 4.79 Å². The number of rotatable bonds is 5. The molecule has 1 N–H and O–H groups in total. The molecule has 1 aromatic heterocycles. The van der Waals surface area contributed by atoms with E-state index in [0.29, 0.717) is 12.1 Å². The van der Waals surface area contributed by atoms with Crippen molar-refractivity contribution in [1.29, 1.82) is 5.26 Å². The van der Waals surface area contributed by atoms with Gasteiger partial charge < -0.3 is 5.32 Å². The molecule has 2 aliphatic rings. The van der Waals surface area contributed by atoms with Gasteiger partial charge in [-0.15, -0.1) is 11.3 Å². The van der Waals surface area contributed by atoms with Gasteiger partial charge in [0.05, 0.1) is 12.1 Å². The molecule has 0 saturated carbocycles. The standard InChI is InChI=1S/C23H28N4OS/c1-17-6-8-18(9-7-17)15-26-10-12-27(13-11-26)16-22(28)25-23-20(14-24)19-4-2-3-5-21(19)29-23/h6-9H,2-5,10-13,15-16H2,1H3,(H,25,28). The number of nitrogens with one attached hydrogen (secondary N) is 1. The number of hydrogen-bond acceptors (Lipinski definition) is 5. The Labute approximate surface area is 176 Å². The first-order chi connectivity index (χ1) is 14.1. The van der Waals surface area contributed by atoms with Crippen LogP contribution in [0.1, 0.15) is 40.0 Å². The molecule has 0 unspecified atom stereocenters. The minimum Gasteiger partial charge on any atom is -0.315 e. The minimum absolute atomic E-state index is 0.00733. The first-order valence-electron chi connectivity index (χ1n) is 10.5. The first kappa shape index (κ1) is 20.1. The van der Waals surface area contributed by atoms with Crippen molar-refractivity contribution >= 4 is 22.2 Å². The zero-order valence-electron chi connectivity index (χ0n) is 17.0. The van der Waals surface area contributed by atoms with Crippen LogP contribution >= 0.6 is 11.3 Å². The number of hydrogen-bond donors (Lipinski definition) is 1. The van der Waals surface area contributed by atoms with Gasteiger partial charge in [-0.25, -0.2) is 0 Å². The summed E-state index contributed by atoms with van der Waals surface area (Å²) >= 11 is 1.60. The molecular formula is C23H28N4OS. The largest absolute Gasteiger partial charge is 0.315 e. The summed E-state index contributed by atoms with van der Waals surface area (Å²) in [5.41, 5.74) is 4.49. The highest BCUT2D eigenvalue weighted by molar-refractivity contribution is 7.16. The average Bonchev–Trinajstić information content (AvgIpc) is 3.08. The molecule has 1 fully saturated rings. The Morgan fingerprint density at radius 2 is 1.79 bits per heavy atom. The van der Waals surface area contributed by atoms with Gasteiger partial charge in [0.2, 0.25) is 5.91 Å². The summed E-state index contributed by atoms with van der Waals surface area (Å²) in [6.45, 7) is 7.20. The monoisotopic (exact) mass is 408 g/mol. The fraction of sp³-hybridized carbons (Fsp3) is 0.478. The highest BCUT2D eigenvalue weighted by Gasteiger charge is 2.23. The number of nitrogens with zero attached hydrogens (tertiary/aromatic N) is 3. The van der Waals surface area contributed by atoms with Crippen molar-refractivity contribution in [2.45, 2.75) is 39.2 Å². The number of piperazine rings is 1. The van der Waals surface area contributed by atoms with E-state index < -0.39 is 0 Å². The average molecular weight is 409 g/mol. The molecule has 152 valence electrons.